The Hall–Kier alpha value is -1.88. The average Bonchev–Trinajstić information content (AvgIpc) is 2.23. The number of aromatic nitrogens is 1. The molecule has 0 aliphatic carbocycles. The minimum atomic E-state index is 0.656. The number of hydrogen-bond donors (Lipinski definition) is 0. The van der Waals surface area contributed by atoms with E-state index in [0.29, 0.717) is 5.56 Å². The average molecular weight is 182 g/mol. The highest BCUT2D eigenvalue weighted by molar-refractivity contribution is 5.92. The van der Waals surface area contributed by atoms with Gasteiger partial charge in [0, 0.05) is 23.2 Å². The summed E-state index contributed by atoms with van der Waals surface area (Å²) in [6, 6.07) is 6.27. The second-order valence-electron chi connectivity index (χ2n) is 3.42. The van der Waals surface area contributed by atoms with Crippen molar-refractivity contribution in [2.75, 3.05) is 0 Å². The fourth-order valence-electron chi connectivity index (χ4n) is 1.69. The van der Waals surface area contributed by atoms with E-state index in [-0.39, 0.29) is 0 Å². The van der Waals surface area contributed by atoms with Crippen LogP contribution >= 0.6 is 0 Å². The Morgan fingerprint density at radius 2 is 1.86 bits per heavy atom. The van der Waals surface area contributed by atoms with Crippen molar-refractivity contribution in [1.82, 2.24) is 4.98 Å². The smallest absolute Gasteiger partial charge is 0.101 e. The summed E-state index contributed by atoms with van der Waals surface area (Å²) >= 11 is 0. The van der Waals surface area contributed by atoms with Crippen molar-refractivity contribution < 1.29 is 0 Å². The van der Waals surface area contributed by atoms with E-state index >= 15 is 0 Å². The zero-order valence-electron chi connectivity index (χ0n) is 8.20. The van der Waals surface area contributed by atoms with Crippen LogP contribution in [-0.2, 0) is 0 Å². The lowest BCUT2D eigenvalue weighted by molar-refractivity contribution is 1.31. The Bertz CT molecular complexity index is 536. The van der Waals surface area contributed by atoms with Gasteiger partial charge in [-0.2, -0.15) is 5.26 Å². The predicted octanol–water partition coefficient (Wildman–Crippen LogP) is 2.72. The van der Waals surface area contributed by atoms with Crippen LogP contribution in [0.25, 0.3) is 10.8 Å². The summed E-state index contributed by atoms with van der Waals surface area (Å²) < 4.78 is 0. The molecule has 0 amide bonds. The van der Waals surface area contributed by atoms with E-state index < -0.39 is 0 Å². The van der Waals surface area contributed by atoms with Crippen molar-refractivity contribution >= 4 is 10.8 Å². The van der Waals surface area contributed by atoms with Gasteiger partial charge in [-0.3, -0.25) is 4.98 Å². The third-order valence-electron chi connectivity index (χ3n) is 2.47. The molecular weight excluding hydrogens is 172 g/mol. The SMILES string of the molecule is Cc1ccc(C)c2c(C#N)cncc12. The fourth-order valence-corrected chi connectivity index (χ4v) is 1.69. The van der Waals surface area contributed by atoms with Gasteiger partial charge in [0.1, 0.15) is 6.07 Å². The summed E-state index contributed by atoms with van der Waals surface area (Å²) in [5.41, 5.74) is 2.95. The molecule has 0 bridgehead atoms. The summed E-state index contributed by atoms with van der Waals surface area (Å²) in [5.74, 6) is 0. The first-order valence-electron chi connectivity index (χ1n) is 4.48. The predicted molar refractivity (Wildman–Crippen MR) is 55.9 cm³/mol. The molecule has 0 aliphatic rings. The van der Waals surface area contributed by atoms with Crippen molar-refractivity contribution in [2.24, 2.45) is 0 Å². The summed E-state index contributed by atoms with van der Waals surface area (Å²) in [6.07, 6.45) is 3.44. The van der Waals surface area contributed by atoms with Crippen molar-refractivity contribution in [3.8, 4) is 6.07 Å². The summed E-state index contributed by atoms with van der Waals surface area (Å²) in [5, 5.41) is 11.1. The molecular formula is C12H10N2. The monoisotopic (exact) mass is 182 g/mol. The van der Waals surface area contributed by atoms with Crippen molar-refractivity contribution in [3.63, 3.8) is 0 Å². The molecule has 1 aromatic heterocycles. The van der Waals surface area contributed by atoms with E-state index in [1.165, 1.54) is 0 Å². The van der Waals surface area contributed by atoms with Crippen LogP contribution in [0.4, 0.5) is 0 Å². The van der Waals surface area contributed by atoms with Gasteiger partial charge in [0.05, 0.1) is 5.56 Å². The number of nitriles is 1. The lowest BCUT2D eigenvalue weighted by Gasteiger charge is -2.05. The lowest BCUT2D eigenvalue weighted by Crippen LogP contribution is -1.88. The maximum absolute atomic E-state index is 8.96. The molecule has 2 nitrogen and oxygen atoms in total. The summed E-state index contributed by atoms with van der Waals surface area (Å²) in [4.78, 5) is 4.06. The number of fused-ring (bicyclic) bond motifs is 1. The molecule has 0 saturated heterocycles. The van der Waals surface area contributed by atoms with E-state index in [9.17, 15) is 0 Å². The molecule has 0 saturated carbocycles. The molecule has 1 aromatic carbocycles. The molecule has 2 heteroatoms. The number of aryl methyl sites for hydroxylation is 2. The number of rotatable bonds is 0. The van der Waals surface area contributed by atoms with Crippen LogP contribution in [0.15, 0.2) is 24.5 Å². The van der Waals surface area contributed by atoms with Crippen LogP contribution in [0, 0.1) is 25.2 Å². The highest BCUT2D eigenvalue weighted by Crippen LogP contribution is 2.23. The molecule has 0 atom stereocenters. The Labute approximate surface area is 82.8 Å². The van der Waals surface area contributed by atoms with Gasteiger partial charge in [0.2, 0.25) is 0 Å². The standard InChI is InChI=1S/C12H10N2/c1-8-3-4-9(2)12-10(5-13)6-14-7-11(8)12/h3-4,6-7H,1-2H3. The number of nitrogens with zero attached hydrogens (tertiary/aromatic N) is 2. The van der Waals surface area contributed by atoms with Crippen LogP contribution < -0.4 is 0 Å². The van der Waals surface area contributed by atoms with Gasteiger partial charge in [-0.25, -0.2) is 0 Å². The highest BCUT2D eigenvalue weighted by Gasteiger charge is 2.05. The van der Waals surface area contributed by atoms with Crippen molar-refractivity contribution in [1.29, 1.82) is 5.26 Å². The van der Waals surface area contributed by atoms with Crippen molar-refractivity contribution in [2.45, 2.75) is 13.8 Å². The maximum Gasteiger partial charge on any atom is 0.101 e. The molecule has 0 unspecified atom stereocenters. The first-order valence-corrected chi connectivity index (χ1v) is 4.48. The molecule has 0 spiro atoms. The molecule has 0 aliphatic heterocycles. The number of benzene rings is 1. The number of hydrogen-bond acceptors (Lipinski definition) is 2. The third kappa shape index (κ3) is 1.14. The molecule has 0 radical (unpaired) electrons. The van der Waals surface area contributed by atoms with Gasteiger partial charge < -0.3 is 0 Å². The lowest BCUT2D eigenvalue weighted by atomic mass is 10.00. The Kier molecular flexibility index (Phi) is 1.94. The normalized spacial score (nSPS) is 10.1. The van der Waals surface area contributed by atoms with Gasteiger partial charge >= 0.3 is 0 Å². The van der Waals surface area contributed by atoms with Crippen LogP contribution in [0.2, 0.25) is 0 Å². The van der Waals surface area contributed by atoms with Crippen LogP contribution in [0.5, 0.6) is 0 Å². The molecule has 2 aromatic rings. The Balaban J connectivity index is 3.01. The van der Waals surface area contributed by atoms with Gasteiger partial charge in [-0.05, 0) is 25.0 Å². The van der Waals surface area contributed by atoms with Gasteiger partial charge in [-0.1, -0.05) is 12.1 Å². The van der Waals surface area contributed by atoms with E-state index in [1.807, 2.05) is 26.1 Å². The van der Waals surface area contributed by atoms with Gasteiger partial charge in [0.15, 0.2) is 0 Å². The largest absolute Gasteiger partial charge is 0.263 e. The zero-order chi connectivity index (χ0) is 10.1. The quantitative estimate of drug-likeness (QED) is 0.628. The maximum atomic E-state index is 8.96. The molecule has 0 fully saturated rings. The Morgan fingerprint density at radius 3 is 2.57 bits per heavy atom. The molecule has 2 rings (SSSR count). The molecule has 68 valence electrons. The van der Waals surface area contributed by atoms with Gasteiger partial charge in [0.25, 0.3) is 0 Å². The molecule has 14 heavy (non-hydrogen) atoms. The van der Waals surface area contributed by atoms with Crippen molar-refractivity contribution in [3.05, 3.63) is 41.2 Å². The van der Waals surface area contributed by atoms with E-state index in [1.54, 1.807) is 6.20 Å². The number of pyridine rings is 1. The van der Waals surface area contributed by atoms with E-state index in [2.05, 4.69) is 17.1 Å². The second kappa shape index (κ2) is 3.12. The topological polar surface area (TPSA) is 36.7 Å². The van der Waals surface area contributed by atoms with Crippen LogP contribution in [0.1, 0.15) is 16.7 Å². The Morgan fingerprint density at radius 1 is 1.14 bits per heavy atom. The minimum Gasteiger partial charge on any atom is -0.263 e. The minimum absolute atomic E-state index is 0.656. The van der Waals surface area contributed by atoms with Crippen LogP contribution in [-0.4, -0.2) is 4.98 Å². The second-order valence-corrected chi connectivity index (χ2v) is 3.42. The summed E-state index contributed by atoms with van der Waals surface area (Å²) in [7, 11) is 0. The first kappa shape index (κ1) is 8.71. The van der Waals surface area contributed by atoms with E-state index in [4.69, 9.17) is 5.26 Å². The fraction of sp³-hybridized carbons (Fsp3) is 0.167. The highest BCUT2D eigenvalue weighted by atomic mass is 14.6. The summed E-state index contributed by atoms with van der Waals surface area (Å²) in [6.45, 7) is 4.05. The van der Waals surface area contributed by atoms with Gasteiger partial charge in [-0.15, -0.1) is 0 Å². The molecule has 0 N–H and O–H groups in total. The molecule has 1 heterocycles. The third-order valence-corrected chi connectivity index (χ3v) is 2.47. The zero-order valence-corrected chi connectivity index (χ0v) is 8.20. The van der Waals surface area contributed by atoms with E-state index in [0.717, 1.165) is 21.9 Å². The van der Waals surface area contributed by atoms with Crippen LogP contribution in [0.3, 0.4) is 0 Å². The first-order chi connectivity index (χ1) is 6.74.